The number of carbonyl (C=O) groups excluding carboxylic acids is 1. The first kappa shape index (κ1) is 12.6. The van der Waals surface area contributed by atoms with Crippen molar-refractivity contribution in [3.63, 3.8) is 0 Å². The van der Waals surface area contributed by atoms with Crippen molar-refractivity contribution in [2.75, 3.05) is 5.32 Å². The van der Waals surface area contributed by atoms with Crippen LogP contribution in [0, 0.1) is 0 Å². The van der Waals surface area contributed by atoms with Gasteiger partial charge < -0.3 is 9.72 Å². The molecule has 0 saturated heterocycles. The van der Waals surface area contributed by atoms with Crippen LogP contribution in [0.1, 0.15) is 20.8 Å². The number of carbonyl (C=O) groups is 1. The molecule has 0 saturated carbocycles. The van der Waals surface area contributed by atoms with Gasteiger partial charge in [0.05, 0.1) is 0 Å². The third-order valence-electron chi connectivity index (χ3n) is 1.45. The molecule has 1 rings (SSSR count). The SMILES string of the molecule is CC(C)(C)OC(=O)Nc1cc(=O)cc(Cl)[nH]1. The van der Waals surface area contributed by atoms with Gasteiger partial charge in [-0.05, 0) is 20.8 Å². The summed E-state index contributed by atoms with van der Waals surface area (Å²) >= 11 is 5.62. The zero-order chi connectivity index (χ0) is 12.3. The van der Waals surface area contributed by atoms with Gasteiger partial charge in [-0.25, -0.2) is 4.79 Å². The van der Waals surface area contributed by atoms with Crippen molar-refractivity contribution in [1.29, 1.82) is 0 Å². The van der Waals surface area contributed by atoms with Crippen LogP contribution in [-0.4, -0.2) is 16.7 Å². The van der Waals surface area contributed by atoms with E-state index in [1.807, 2.05) is 0 Å². The predicted molar refractivity (Wildman–Crippen MR) is 61.9 cm³/mol. The quantitative estimate of drug-likeness (QED) is 0.745. The zero-order valence-electron chi connectivity index (χ0n) is 9.26. The standard InChI is InChI=1S/C10H13ClN2O3/c1-10(2,3)16-9(15)13-8-5-6(14)4-7(11)12-8/h4-5H,1-3H3,(H2,12,13,14,15). The molecule has 0 aliphatic carbocycles. The number of amides is 1. The molecule has 1 amide bonds. The van der Waals surface area contributed by atoms with E-state index in [0.29, 0.717) is 0 Å². The van der Waals surface area contributed by atoms with Crippen LogP contribution >= 0.6 is 11.6 Å². The van der Waals surface area contributed by atoms with Gasteiger partial charge in [0, 0.05) is 12.1 Å². The third kappa shape index (κ3) is 4.35. The second kappa shape index (κ2) is 4.57. The van der Waals surface area contributed by atoms with E-state index in [0.717, 1.165) is 0 Å². The lowest BCUT2D eigenvalue weighted by molar-refractivity contribution is 0.0635. The number of anilines is 1. The number of nitrogens with one attached hydrogen (secondary N) is 2. The highest BCUT2D eigenvalue weighted by Crippen LogP contribution is 2.10. The van der Waals surface area contributed by atoms with Crippen molar-refractivity contribution in [1.82, 2.24) is 4.98 Å². The molecule has 0 aromatic carbocycles. The van der Waals surface area contributed by atoms with Crippen LogP contribution in [0.4, 0.5) is 10.6 Å². The second-order valence-corrected chi connectivity index (χ2v) is 4.61. The lowest BCUT2D eigenvalue weighted by Crippen LogP contribution is -2.27. The van der Waals surface area contributed by atoms with Gasteiger partial charge in [-0.1, -0.05) is 11.6 Å². The summed E-state index contributed by atoms with van der Waals surface area (Å²) in [4.78, 5) is 25.1. The molecular weight excluding hydrogens is 232 g/mol. The fourth-order valence-corrected chi connectivity index (χ4v) is 1.20. The number of halogens is 1. The number of hydrogen-bond donors (Lipinski definition) is 2. The molecule has 0 aliphatic heterocycles. The minimum atomic E-state index is -0.648. The van der Waals surface area contributed by atoms with Crippen molar-refractivity contribution in [2.45, 2.75) is 26.4 Å². The molecule has 5 nitrogen and oxygen atoms in total. The van der Waals surface area contributed by atoms with Crippen LogP contribution in [0.15, 0.2) is 16.9 Å². The van der Waals surface area contributed by atoms with Gasteiger partial charge in [0.1, 0.15) is 16.6 Å². The Morgan fingerprint density at radius 3 is 2.56 bits per heavy atom. The Balaban J connectivity index is 2.74. The predicted octanol–water partition coefficient (Wildman–Crippen LogP) is 2.38. The Hall–Kier alpha value is -1.49. The number of hydrogen-bond acceptors (Lipinski definition) is 3. The molecule has 0 spiro atoms. The largest absolute Gasteiger partial charge is 0.444 e. The fraction of sp³-hybridized carbons (Fsp3) is 0.400. The van der Waals surface area contributed by atoms with Crippen molar-refractivity contribution >= 4 is 23.5 Å². The number of ether oxygens (including phenoxy) is 1. The number of aromatic amines is 1. The van der Waals surface area contributed by atoms with Crippen molar-refractivity contribution in [3.05, 3.63) is 27.5 Å². The third-order valence-corrected chi connectivity index (χ3v) is 1.65. The summed E-state index contributed by atoms with van der Waals surface area (Å²) in [5.41, 5.74) is -0.891. The smallest absolute Gasteiger partial charge is 0.413 e. The maximum absolute atomic E-state index is 11.4. The first-order valence-electron chi connectivity index (χ1n) is 4.66. The van der Waals surface area contributed by atoms with E-state index >= 15 is 0 Å². The molecular formula is C10H13ClN2O3. The number of H-pyrrole nitrogens is 1. The van der Waals surface area contributed by atoms with Gasteiger partial charge in [-0.2, -0.15) is 0 Å². The van der Waals surface area contributed by atoms with E-state index in [4.69, 9.17) is 16.3 Å². The molecule has 0 fully saturated rings. The van der Waals surface area contributed by atoms with Gasteiger partial charge in [0.15, 0.2) is 5.43 Å². The highest BCUT2D eigenvalue weighted by atomic mass is 35.5. The molecule has 2 N–H and O–H groups in total. The molecule has 1 aromatic heterocycles. The molecule has 0 aliphatic rings. The number of pyridine rings is 1. The van der Waals surface area contributed by atoms with Gasteiger partial charge >= 0.3 is 6.09 Å². The van der Waals surface area contributed by atoms with E-state index in [-0.39, 0.29) is 16.4 Å². The van der Waals surface area contributed by atoms with Crippen LogP contribution in [0.3, 0.4) is 0 Å². The maximum Gasteiger partial charge on any atom is 0.413 e. The molecule has 0 unspecified atom stereocenters. The molecule has 88 valence electrons. The van der Waals surface area contributed by atoms with Crippen molar-refractivity contribution < 1.29 is 9.53 Å². The molecule has 1 heterocycles. The molecule has 16 heavy (non-hydrogen) atoms. The Morgan fingerprint density at radius 1 is 1.44 bits per heavy atom. The minimum Gasteiger partial charge on any atom is -0.444 e. The van der Waals surface area contributed by atoms with E-state index in [1.54, 1.807) is 20.8 Å². The first-order chi connectivity index (χ1) is 7.26. The number of rotatable bonds is 1. The summed E-state index contributed by atoms with van der Waals surface area (Å²) in [6, 6.07) is 2.43. The fourth-order valence-electron chi connectivity index (χ4n) is 0.991. The van der Waals surface area contributed by atoms with E-state index < -0.39 is 11.7 Å². The minimum absolute atomic E-state index is 0.151. The van der Waals surface area contributed by atoms with Gasteiger partial charge in [-0.3, -0.25) is 10.1 Å². The highest BCUT2D eigenvalue weighted by Gasteiger charge is 2.16. The molecule has 1 aromatic rings. The summed E-state index contributed by atoms with van der Waals surface area (Å²) in [7, 11) is 0. The van der Waals surface area contributed by atoms with Crippen molar-refractivity contribution in [2.24, 2.45) is 0 Å². The van der Waals surface area contributed by atoms with Crippen LogP contribution in [-0.2, 0) is 4.74 Å². The Bertz CT molecular complexity index is 448. The number of aromatic nitrogens is 1. The lowest BCUT2D eigenvalue weighted by atomic mass is 10.2. The second-order valence-electron chi connectivity index (χ2n) is 4.20. The topological polar surface area (TPSA) is 71.2 Å². The Labute approximate surface area is 97.8 Å². The summed E-state index contributed by atoms with van der Waals surface area (Å²) < 4.78 is 5.01. The molecule has 0 bridgehead atoms. The monoisotopic (exact) mass is 244 g/mol. The first-order valence-corrected chi connectivity index (χ1v) is 5.04. The zero-order valence-corrected chi connectivity index (χ0v) is 10.0. The molecule has 6 heteroatoms. The molecule has 0 radical (unpaired) electrons. The Kier molecular flexibility index (Phi) is 3.59. The normalized spacial score (nSPS) is 11.0. The van der Waals surface area contributed by atoms with Gasteiger partial charge in [0.2, 0.25) is 0 Å². The Morgan fingerprint density at radius 2 is 2.06 bits per heavy atom. The van der Waals surface area contributed by atoms with Crippen LogP contribution in [0.25, 0.3) is 0 Å². The van der Waals surface area contributed by atoms with E-state index in [9.17, 15) is 9.59 Å². The van der Waals surface area contributed by atoms with Crippen molar-refractivity contribution in [3.8, 4) is 0 Å². The summed E-state index contributed by atoms with van der Waals surface area (Å²) in [5.74, 6) is 0.201. The van der Waals surface area contributed by atoms with Crippen LogP contribution in [0.2, 0.25) is 5.15 Å². The van der Waals surface area contributed by atoms with Gasteiger partial charge in [0.25, 0.3) is 0 Å². The van der Waals surface area contributed by atoms with E-state index in [2.05, 4.69) is 10.3 Å². The average Bonchev–Trinajstić information content (AvgIpc) is 1.96. The summed E-state index contributed by atoms with van der Waals surface area (Å²) in [6.07, 6.45) is -0.648. The summed E-state index contributed by atoms with van der Waals surface area (Å²) in [6.45, 7) is 5.23. The van der Waals surface area contributed by atoms with Crippen LogP contribution in [0.5, 0.6) is 0 Å². The molecule has 0 atom stereocenters. The lowest BCUT2D eigenvalue weighted by Gasteiger charge is -2.19. The summed E-state index contributed by atoms with van der Waals surface area (Å²) in [5, 5.41) is 2.53. The maximum atomic E-state index is 11.4. The van der Waals surface area contributed by atoms with E-state index in [1.165, 1.54) is 12.1 Å². The van der Waals surface area contributed by atoms with Crippen LogP contribution < -0.4 is 10.7 Å². The highest BCUT2D eigenvalue weighted by molar-refractivity contribution is 6.29. The average molecular weight is 245 g/mol. The van der Waals surface area contributed by atoms with Gasteiger partial charge in [-0.15, -0.1) is 0 Å².